The zero-order valence-corrected chi connectivity index (χ0v) is 14.9. The van der Waals surface area contributed by atoms with Crippen molar-refractivity contribution in [2.45, 2.75) is 11.9 Å². The Morgan fingerprint density at radius 3 is 2.64 bits per heavy atom. The Balaban J connectivity index is 1.99. The summed E-state index contributed by atoms with van der Waals surface area (Å²) in [5, 5.41) is 0.510. The molecule has 0 aliphatic carbocycles. The van der Waals surface area contributed by atoms with Gasteiger partial charge in [0.05, 0.1) is 10.1 Å². The second-order valence-corrected chi connectivity index (χ2v) is 8.59. The van der Waals surface area contributed by atoms with Gasteiger partial charge in [-0.1, -0.05) is 35.3 Å². The van der Waals surface area contributed by atoms with Crippen molar-refractivity contribution in [3.63, 3.8) is 0 Å². The number of rotatable bonds is 7. The normalized spacial score (nSPS) is 13.2. The van der Waals surface area contributed by atoms with Crippen LogP contribution in [0.3, 0.4) is 0 Å². The highest BCUT2D eigenvalue weighted by Crippen LogP contribution is 2.28. The number of hydrogen-bond acceptors (Lipinski definition) is 4. The topological polar surface area (TPSA) is 55.4 Å². The second kappa shape index (κ2) is 7.77. The molecule has 1 N–H and O–H groups in total. The van der Waals surface area contributed by atoms with E-state index in [1.54, 1.807) is 30.3 Å². The molecule has 0 aliphatic heterocycles. The van der Waals surface area contributed by atoms with E-state index in [0.717, 1.165) is 4.88 Å². The van der Waals surface area contributed by atoms with Gasteiger partial charge in [0.25, 0.3) is 0 Å². The van der Waals surface area contributed by atoms with Crippen LogP contribution in [0.25, 0.3) is 0 Å². The predicted octanol–water partition coefficient (Wildman–Crippen LogP) is 3.86. The van der Waals surface area contributed by atoms with E-state index in [9.17, 15) is 8.42 Å². The van der Waals surface area contributed by atoms with Crippen LogP contribution < -0.4 is 4.72 Å². The lowest BCUT2D eigenvalue weighted by molar-refractivity contribution is 0.110. The van der Waals surface area contributed by atoms with E-state index in [2.05, 4.69) is 4.72 Å². The average Bonchev–Trinajstić information content (AvgIpc) is 2.85. The number of benzene rings is 1. The first kappa shape index (κ1) is 17.7. The summed E-state index contributed by atoms with van der Waals surface area (Å²) < 4.78 is 32.8. The van der Waals surface area contributed by atoms with Crippen molar-refractivity contribution in [1.29, 1.82) is 0 Å². The van der Waals surface area contributed by atoms with E-state index in [-0.39, 0.29) is 18.4 Å². The van der Waals surface area contributed by atoms with Gasteiger partial charge in [0.1, 0.15) is 6.10 Å². The first-order chi connectivity index (χ1) is 10.4. The lowest BCUT2D eigenvalue weighted by Gasteiger charge is -2.15. The largest absolute Gasteiger partial charge is 0.375 e. The maximum atomic E-state index is 12.1. The highest BCUT2D eigenvalue weighted by atomic mass is 35.5. The molecule has 1 aromatic carbocycles. The van der Waals surface area contributed by atoms with Crippen molar-refractivity contribution in [3.05, 3.63) is 56.2 Å². The Hall–Kier alpha value is -0.630. The molecule has 0 saturated heterocycles. The SMILES string of the molecule is COC(CNS(=O)(=O)Cc1cccc(Cl)c1)c1ccc(Cl)s1. The number of halogens is 2. The molecular formula is C14H15Cl2NO3S2. The number of sulfonamides is 1. The van der Waals surface area contributed by atoms with Crippen LogP contribution in [-0.4, -0.2) is 22.1 Å². The lowest BCUT2D eigenvalue weighted by atomic mass is 10.2. The summed E-state index contributed by atoms with van der Waals surface area (Å²) >= 11 is 13.1. The Morgan fingerprint density at radius 2 is 2.05 bits per heavy atom. The van der Waals surface area contributed by atoms with E-state index < -0.39 is 10.0 Å². The molecule has 2 rings (SSSR count). The molecule has 0 aliphatic rings. The second-order valence-electron chi connectivity index (χ2n) is 4.60. The monoisotopic (exact) mass is 379 g/mol. The molecule has 0 spiro atoms. The summed E-state index contributed by atoms with van der Waals surface area (Å²) in [6, 6.07) is 10.4. The van der Waals surface area contributed by atoms with E-state index >= 15 is 0 Å². The third-order valence-electron chi connectivity index (χ3n) is 2.93. The fraction of sp³-hybridized carbons (Fsp3) is 0.286. The van der Waals surface area contributed by atoms with Crippen molar-refractivity contribution in [3.8, 4) is 0 Å². The molecule has 1 aromatic heterocycles. The molecule has 1 unspecified atom stereocenters. The predicted molar refractivity (Wildman–Crippen MR) is 91.2 cm³/mol. The van der Waals surface area contributed by atoms with Gasteiger partial charge in [-0.25, -0.2) is 13.1 Å². The number of thiophene rings is 1. The van der Waals surface area contributed by atoms with Crippen molar-refractivity contribution >= 4 is 44.6 Å². The maximum Gasteiger partial charge on any atom is 0.215 e. The number of nitrogens with one attached hydrogen (secondary N) is 1. The van der Waals surface area contributed by atoms with Gasteiger partial charge in [0, 0.05) is 23.6 Å². The van der Waals surface area contributed by atoms with Gasteiger partial charge in [-0.3, -0.25) is 0 Å². The fourth-order valence-corrected chi connectivity index (χ4v) is 4.38. The Morgan fingerprint density at radius 1 is 1.27 bits per heavy atom. The highest BCUT2D eigenvalue weighted by Gasteiger charge is 2.18. The first-order valence-corrected chi connectivity index (χ1v) is 9.62. The van der Waals surface area contributed by atoms with Crippen LogP contribution in [0.1, 0.15) is 16.5 Å². The highest BCUT2D eigenvalue weighted by molar-refractivity contribution is 7.88. The van der Waals surface area contributed by atoms with Crippen LogP contribution >= 0.6 is 34.5 Å². The Kier molecular flexibility index (Phi) is 6.26. The summed E-state index contributed by atoms with van der Waals surface area (Å²) in [5.74, 6) is -0.130. The molecule has 0 saturated carbocycles. The van der Waals surface area contributed by atoms with E-state index in [0.29, 0.717) is 14.9 Å². The molecule has 2 aromatic rings. The minimum atomic E-state index is -3.47. The number of ether oxygens (including phenoxy) is 1. The van der Waals surface area contributed by atoms with Gasteiger partial charge in [-0.15, -0.1) is 11.3 Å². The number of methoxy groups -OCH3 is 1. The molecule has 0 amide bonds. The van der Waals surface area contributed by atoms with Gasteiger partial charge in [0.15, 0.2) is 0 Å². The van der Waals surface area contributed by atoms with Crippen LogP contribution in [0.15, 0.2) is 36.4 Å². The first-order valence-electron chi connectivity index (χ1n) is 6.39. The van der Waals surface area contributed by atoms with Gasteiger partial charge >= 0.3 is 0 Å². The lowest BCUT2D eigenvalue weighted by Crippen LogP contribution is -2.30. The van der Waals surface area contributed by atoms with Crippen LogP contribution in [0.2, 0.25) is 9.36 Å². The molecule has 1 heterocycles. The quantitative estimate of drug-likeness (QED) is 0.794. The Bertz CT molecular complexity index is 731. The van der Waals surface area contributed by atoms with Gasteiger partial charge in [-0.05, 0) is 29.8 Å². The molecule has 0 bridgehead atoms. The summed E-state index contributed by atoms with van der Waals surface area (Å²) in [5.41, 5.74) is 0.633. The van der Waals surface area contributed by atoms with Gasteiger partial charge < -0.3 is 4.74 Å². The summed E-state index contributed by atoms with van der Waals surface area (Å²) in [4.78, 5) is 0.873. The smallest absolute Gasteiger partial charge is 0.215 e. The van der Waals surface area contributed by atoms with Crippen LogP contribution in [0, 0.1) is 0 Å². The molecule has 0 fully saturated rings. The van der Waals surface area contributed by atoms with Gasteiger partial charge in [-0.2, -0.15) is 0 Å². The van der Waals surface area contributed by atoms with Crippen molar-refractivity contribution in [2.24, 2.45) is 0 Å². The Labute approximate surface area is 144 Å². The standard InChI is InChI=1S/C14H15Cl2NO3S2/c1-20-12(13-5-6-14(16)21-13)8-17-22(18,19)9-10-3-2-4-11(15)7-10/h2-7,12,17H,8-9H2,1H3. The zero-order valence-electron chi connectivity index (χ0n) is 11.8. The van der Waals surface area contributed by atoms with E-state index in [1.165, 1.54) is 18.4 Å². The van der Waals surface area contributed by atoms with Crippen LogP contribution in [0.5, 0.6) is 0 Å². The molecule has 22 heavy (non-hydrogen) atoms. The minimum Gasteiger partial charge on any atom is -0.375 e. The third kappa shape index (κ3) is 5.22. The van der Waals surface area contributed by atoms with Crippen molar-refractivity contribution in [2.75, 3.05) is 13.7 Å². The number of hydrogen-bond donors (Lipinski definition) is 1. The van der Waals surface area contributed by atoms with Crippen molar-refractivity contribution < 1.29 is 13.2 Å². The summed E-state index contributed by atoms with van der Waals surface area (Å²) in [7, 11) is -1.94. The van der Waals surface area contributed by atoms with Gasteiger partial charge in [0.2, 0.25) is 10.0 Å². The average molecular weight is 380 g/mol. The molecular weight excluding hydrogens is 365 g/mol. The summed E-state index contributed by atoms with van der Waals surface area (Å²) in [6.45, 7) is 0.149. The molecule has 120 valence electrons. The fourth-order valence-electron chi connectivity index (χ4n) is 1.90. The van der Waals surface area contributed by atoms with Crippen LogP contribution in [0.4, 0.5) is 0 Å². The summed E-state index contributed by atoms with van der Waals surface area (Å²) in [6.07, 6.45) is -0.369. The molecule has 4 nitrogen and oxygen atoms in total. The maximum absolute atomic E-state index is 12.1. The molecule has 0 radical (unpaired) electrons. The molecule has 1 atom stereocenters. The van der Waals surface area contributed by atoms with E-state index in [4.69, 9.17) is 27.9 Å². The minimum absolute atomic E-state index is 0.130. The van der Waals surface area contributed by atoms with Crippen LogP contribution in [-0.2, 0) is 20.5 Å². The molecule has 8 heteroatoms. The van der Waals surface area contributed by atoms with Crippen molar-refractivity contribution in [1.82, 2.24) is 4.72 Å². The van der Waals surface area contributed by atoms with E-state index in [1.807, 2.05) is 6.07 Å². The zero-order chi connectivity index (χ0) is 16.2. The third-order valence-corrected chi connectivity index (χ3v) is 5.81.